The highest BCUT2D eigenvalue weighted by atomic mass is 79.9. The molecule has 0 saturated carbocycles. The Bertz CT molecular complexity index is 816. The minimum absolute atomic E-state index is 0.300. The number of rotatable bonds is 1. The molecule has 1 aliphatic heterocycles. The fourth-order valence-corrected chi connectivity index (χ4v) is 4.86. The minimum Gasteiger partial charge on any atom is -0.365 e. The van der Waals surface area contributed by atoms with Gasteiger partial charge in [-0.3, -0.25) is 0 Å². The second-order valence-electron chi connectivity index (χ2n) is 6.56. The van der Waals surface area contributed by atoms with E-state index in [-0.39, 0.29) is 5.60 Å². The van der Waals surface area contributed by atoms with Crippen LogP contribution in [0.25, 0.3) is 0 Å². The number of nitrogens with zero attached hydrogens (tertiary/aromatic N) is 2. The molecule has 2 atom stereocenters. The maximum Gasteiger partial charge on any atom is 0.188 e. The van der Waals surface area contributed by atoms with Crippen LogP contribution in [0, 0.1) is 0 Å². The molecule has 1 aromatic heterocycles. The van der Waals surface area contributed by atoms with E-state index in [0.29, 0.717) is 17.7 Å². The van der Waals surface area contributed by atoms with Crippen LogP contribution in [-0.2, 0) is 23.4 Å². The topological polar surface area (TPSA) is 35.0 Å². The van der Waals surface area contributed by atoms with Gasteiger partial charge in [-0.05, 0) is 48.3 Å². The van der Waals surface area contributed by atoms with E-state index in [9.17, 15) is 0 Å². The van der Waals surface area contributed by atoms with Crippen LogP contribution in [0.4, 0.5) is 0 Å². The van der Waals surface area contributed by atoms with Crippen LogP contribution in [0.2, 0.25) is 5.15 Å². The summed E-state index contributed by atoms with van der Waals surface area (Å²) in [6.07, 6.45) is 4.86. The molecule has 1 aliphatic carbocycles. The average molecular weight is 426 g/mol. The van der Waals surface area contributed by atoms with Crippen LogP contribution < -0.4 is 0 Å². The Hall–Kier alpha value is -0.620. The Morgan fingerprint density at radius 3 is 3.00 bits per heavy atom. The van der Waals surface area contributed by atoms with Gasteiger partial charge >= 0.3 is 0 Å². The molecule has 24 heavy (non-hydrogen) atoms. The summed E-state index contributed by atoms with van der Waals surface area (Å²) in [6, 6.07) is 6.56. The van der Waals surface area contributed by atoms with Gasteiger partial charge in [0.1, 0.15) is 5.15 Å². The van der Waals surface area contributed by atoms with Crippen LogP contribution in [-0.4, -0.2) is 16.2 Å². The highest BCUT2D eigenvalue weighted by Gasteiger charge is 2.43. The van der Waals surface area contributed by atoms with E-state index in [1.807, 2.05) is 6.26 Å². The molecule has 1 spiro atoms. The lowest BCUT2D eigenvalue weighted by Crippen LogP contribution is -2.40. The van der Waals surface area contributed by atoms with Crippen LogP contribution >= 0.6 is 39.3 Å². The summed E-state index contributed by atoms with van der Waals surface area (Å²) in [7, 11) is 0. The Labute approximate surface area is 159 Å². The number of hydrogen-bond donors (Lipinski definition) is 0. The normalized spacial score (nSPS) is 25.4. The molecule has 1 unspecified atom stereocenters. The summed E-state index contributed by atoms with van der Waals surface area (Å²) in [5, 5.41) is 1.26. The van der Waals surface area contributed by atoms with Gasteiger partial charge in [0.2, 0.25) is 0 Å². The molecular formula is C18H18BrClN2OS. The van der Waals surface area contributed by atoms with Crippen molar-refractivity contribution in [1.29, 1.82) is 0 Å². The third kappa shape index (κ3) is 2.70. The fraction of sp³-hybridized carbons (Fsp3) is 0.444. The van der Waals surface area contributed by atoms with Crippen molar-refractivity contribution in [3.8, 4) is 0 Å². The summed E-state index contributed by atoms with van der Waals surface area (Å²) in [5.74, 6) is 0.555. The van der Waals surface area contributed by atoms with Crippen LogP contribution in [0.1, 0.15) is 48.1 Å². The van der Waals surface area contributed by atoms with Crippen LogP contribution in [0.3, 0.4) is 0 Å². The predicted octanol–water partition coefficient (Wildman–Crippen LogP) is 5.48. The summed E-state index contributed by atoms with van der Waals surface area (Å²) in [6.45, 7) is 2.77. The van der Waals surface area contributed by atoms with Crippen molar-refractivity contribution < 1.29 is 4.74 Å². The van der Waals surface area contributed by atoms with Gasteiger partial charge in [0.05, 0.1) is 17.9 Å². The van der Waals surface area contributed by atoms with E-state index in [1.165, 1.54) is 22.9 Å². The molecule has 126 valence electrons. The third-order valence-electron chi connectivity index (χ3n) is 5.17. The number of aromatic nitrogens is 2. The first-order valence-corrected chi connectivity index (χ1v) is 10.4. The van der Waals surface area contributed by atoms with Crippen molar-refractivity contribution in [2.24, 2.45) is 0 Å². The SMILES string of the molecule is CSc1nc(Cl)c2c(n1)CC1(CC[C@@H](C)c3ccc(Br)cc31)OC2. The highest BCUT2D eigenvalue weighted by molar-refractivity contribution is 9.10. The van der Waals surface area contributed by atoms with Gasteiger partial charge in [-0.1, -0.05) is 52.3 Å². The number of fused-ring (bicyclic) bond motifs is 3. The Morgan fingerprint density at radius 1 is 1.38 bits per heavy atom. The minimum atomic E-state index is -0.300. The van der Waals surface area contributed by atoms with Crippen molar-refractivity contribution in [2.45, 2.75) is 49.5 Å². The molecule has 0 bridgehead atoms. The molecular weight excluding hydrogens is 408 g/mol. The van der Waals surface area contributed by atoms with Gasteiger partial charge in [0.15, 0.2) is 5.16 Å². The monoisotopic (exact) mass is 424 g/mol. The number of thioether (sulfide) groups is 1. The van der Waals surface area contributed by atoms with Gasteiger partial charge in [-0.25, -0.2) is 9.97 Å². The maximum absolute atomic E-state index is 6.42. The molecule has 1 aromatic carbocycles. The van der Waals surface area contributed by atoms with Gasteiger partial charge in [0, 0.05) is 16.5 Å². The quantitative estimate of drug-likeness (QED) is 0.344. The van der Waals surface area contributed by atoms with Gasteiger partial charge in [-0.2, -0.15) is 0 Å². The van der Waals surface area contributed by atoms with Gasteiger partial charge < -0.3 is 4.74 Å². The standard InChI is InChI=1S/C18H18BrClN2OS/c1-10-5-6-18(14-7-11(19)3-4-12(10)14)8-15-13(9-23-18)16(20)22-17(21-15)24-2/h3-4,7,10H,5-6,8-9H2,1-2H3/t10-,18?/m1/s1. The predicted molar refractivity (Wildman–Crippen MR) is 101 cm³/mol. The summed E-state index contributed by atoms with van der Waals surface area (Å²) in [4.78, 5) is 9.07. The van der Waals surface area contributed by atoms with E-state index in [1.54, 1.807) is 0 Å². The number of hydrogen-bond acceptors (Lipinski definition) is 4. The second-order valence-corrected chi connectivity index (χ2v) is 8.60. The zero-order valence-corrected chi connectivity index (χ0v) is 16.8. The lowest BCUT2D eigenvalue weighted by Gasteiger charge is -2.44. The summed E-state index contributed by atoms with van der Waals surface area (Å²) < 4.78 is 7.52. The van der Waals surface area contributed by atoms with E-state index in [2.05, 4.69) is 46.0 Å². The van der Waals surface area contributed by atoms with Crippen LogP contribution in [0.15, 0.2) is 27.8 Å². The maximum atomic E-state index is 6.42. The van der Waals surface area contributed by atoms with E-state index in [0.717, 1.165) is 40.1 Å². The number of ether oxygens (including phenoxy) is 1. The fourth-order valence-electron chi connectivity index (χ4n) is 3.82. The van der Waals surface area contributed by atoms with Crippen LogP contribution in [0.5, 0.6) is 0 Å². The Balaban J connectivity index is 1.83. The molecule has 0 radical (unpaired) electrons. The largest absolute Gasteiger partial charge is 0.365 e. The molecule has 0 N–H and O–H groups in total. The molecule has 2 heterocycles. The van der Waals surface area contributed by atoms with Crippen molar-refractivity contribution in [3.05, 3.63) is 50.2 Å². The molecule has 0 saturated heterocycles. The molecule has 0 amide bonds. The molecule has 6 heteroatoms. The number of benzene rings is 1. The average Bonchev–Trinajstić information content (AvgIpc) is 2.58. The molecule has 4 rings (SSSR count). The molecule has 0 fully saturated rings. The lowest BCUT2D eigenvalue weighted by molar-refractivity contribution is -0.0874. The first-order chi connectivity index (χ1) is 11.5. The van der Waals surface area contributed by atoms with E-state index >= 15 is 0 Å². The van der Waals surface area contributed by atoms with Crippen molar-refractivity contribution in [2.75, 3.05) is 6.26 Å². The van der Waals surface area contributed by atoms with Crippen molar-refractivity contribution in [1.82, 2.24) is 9.97 Å². The third-order valence-corrected chi connectivity index (χ3v) is 6.52. The summed E-state index contributed by atoms with van der Waals surface area (Å²) in [5.41, 5.74) is 4.35. The summed E-state index contributed by atoms with van der Waals surface area (Å²) >= 11 is 11.5. The first-order valence-electron chi connectivity index (χ1n) is 8.05. The first kappa shape index (κ1) is 16.8. The zero-order valence-electron chi connectivity index (χ0n) is 13.6. The van der Waals surface area contributed by atoms with Gasteiger partial charge in [0.25, 0.3) is 0 Å². The van der Waals surface area contributed by atoms with E-state index in [4.69, 9.17) is 21.3 Å². The van der Waals surface area contributed by atoms with Crippen molar-refractivity contribution in [3.63, 3.8) is 0 Å². The smallest absolute Gasteiger partial charge is 0.188 e. The Morgan fingerprint density at radius 2 is 2.21 bits per heavy atom. The highest BCUT2D eigenvalue weighted by Crippen LogP contribution is 2.49. The molecule has 2 aromatic rings. The van der Waals surface area contributed by atoms with E-state index < -0.39 is 0 Å². The second kappa shape index (κ2) is 6.27. The molecule has 3 nitrogen and oxygen atoms in total. The molecule has 2 aliphatic rings. The van der Waals surface area contributed by atoms with Crippen molar-refractivity contribution >= 4 is 39.3 Å². The zero-order chi connectivity index (χ0) is 16.9. The number of halogens is 2. The van der Waals surface area contributed by atoms with Gasteiger partial charge in [-0.15, -0.1) is 0 Å². The Kier molecular flexibility index (Phi) is 4.40. The lowest BCUT2D eigenvalue weighted by atomic mass is 9.71.